The monoisotopic (exact) mass is 1540 g/mol. The van der Waals surface area contributed by atoms with Crippen LogP contribution in [0.1, 0.15) is 179 Å². The van der Waals surface area contributed by atoms with E-state index in [1.54, 1.807) is 54.5 Å². The van der Waals surface area contributed by atoms with E-state index in [0.717, 1.165) is 47.1 Å². The molecule has 4 atom stereocenters. The number of phenolic OH excluding ortho intramolecular Hbond substituents is 1. The molecule has 21 nitrogen and oxygen atoms in total. The number of halogens is 1. The first-order valence-corrected chi connectivity index (χ1v) is 39.8. The maximum Gasteiger partial charge on any atom is 0.328 e. The van der Waals surface area contributed by atoms with Gasteiger partial charge in [-0.15, -0.1) is 0 Å². The van der Waals surface area contributed by atoms with Gasteiger partial charge in [-0.25, -0.2) is 26.5 Å². The number of nitrogens with one attached hydrogen (secondary N) is 4. The Morgan fingerprint density at radius 1 is 0.556 bits per heavy atom. The Labute approximate surface area is 642 Å². The van der Waals surface area contributed by atoms with E-state index < -0.39 is 96.2 Å². The molecule has 0 aliphatic carbocycles. The minimum Gasteiger partial charge on any atom is -0.508 e. The van der Waals surface area contributed by atoms with Crippen LogP contribution in [0.15, 0.2) is 168 Å². The van der Waals surface area contributed by atoms with Crippen molar-refractivity contribution < 1.29 is 69.7 Å². The summed E-state index contributed by atoms with van der Waals surface area (Å²) in [4.78, 5) is 98.7. The Balaban J connectivity index is 0.000000301. The molecule has 1 aliphatic heterocycles. The maximum atomic E-state index is 14.1. The van der Waals surface area contributed by atoms with Gasteiger partial charge in [-0.3, -0.25) is 33.5 Å². The van der Waals surface area contributed by atoms with Crippen LogP contribution in [-0.2, 0) is 71.4 Å². The number of aromatic hydroxyl groups is 1. The van der Waals surface area contributed by atoms with E-state index in [0.29, 0.717) is 23.6 Å². The third-order valence-electron chi connectivity index (χ3n) is 19.0. The van der Waals surface area contributed by atoms with E-state index in [-0.39, 0.29) is 77.3 Å². The average Bonchev–Trinajstić information content (AvgIpc) is 1.59. The van der Waals surface area contributed by atoms with E-state index in [1.807, 2.05) is 67.6 Å². The Morgan fingerprint density at radius 2 is 1.08 bits per heavy atom. The predicted molar refractivity (Wildman–Crippen MR) is 424 cm³/mol. The van der Waals surface area contributed by atoms with Gasteiger partial charge >= 0.3 is 6.03 Å². The molecule has 1 saturated heterocycles. The molecular weight excluding hydrogens is 1430 g/mol. The third kappa shape index (κ3) is 21.9. The highest BCUT2D eigenvalue weighted by Crippen LogP contribution is 2.42. The normalized spacial score (nSPS) is 14.7. The molecule has 6 amide bonds. The Hall–Kier alpha value is -9.58. The van der Waals surface area contributed by atoms with Crippen LogP contribution in [0, 0.1) is 16.2 Å². The number of hydrogen-bond acceptors (Lipinski definition) is 15. The lowest BCUT2D eigenvalue weighted by molar-refractivity contribution is -0.143. The lowest BCUT2D eigenvalue weighted by Crippen LogP contribution is -2.55. The predicted octanol–water partition coefficient (Wildman–Crippen LogP) is 17.4. The van der Waals surface area contributed by atoms with Crippen molar-refractivity contribution in [1.82, 2.24) is 9.80 Å². The number of nitrogens with zero attached hydrogens (tertiary/aromatic N) is 2. The van der Waals surface area contributed by atoms with Crippen molar-refractivity contribution in [2.24, 2.45) is 16.2 Å². The van der Waals surface area contributed by atoms with Crippen LogP contribution >= 0.6 is 11.6 Å². The summed E-state index contributed by atoms with van der Waals surface area (Å²) in [6, 6.07) is 38.8. The average molecular weight is 1540 g/mol. The molecule has 4 unspecified atom stereocenters. The van der Waals surface area contributed by atoms with Gasteiger partial charge in [-0.1, -0.05) is 191 Å². The largest absolute Gasteiger partial charge is 0.508 e. The number of rotatable bonds is 28. The molecule has 0 bridgehead atoms. The van der Waals surface area contributed by atoms with E-state index in [1.165, 1.54) is 89.3 Å². The maximum absolute atomic E-state index is 14.1. The van der Waals surface area contributed by atoms with E-state index >= 15 is 0 Å². The van der Waals surface area contributed by atoms with Crippen molar-refractivity contribution in [2.45, 2.75) is 214 Å². The zero-order valence-electron chi connectivity index (χ0n) is 65.6. The molecule has 1 heterocycles. The highest BCUT2D eigenvalue weighted by Gasteiger charge is 2.52. The van der Waals surface area contributed by atoms with Crippen molar-refractivity contribution in [3.8, 4) is 28.7 Å². The number of sulfonamides is 1. The number of benzene rings is 7. The van der Waals surface area contributed by atoms with E-state index in [9.17, 15) is 55.5 Å². The number of imide groups is 1. The SMILES string of the molecule is CC(C)(C)CC(C)(C)c1ccc(Oc2ccc(NS(C)(=O)=O)cc2NC(=O)C(Oc2ccc(S(=O)(=O)c3ccc(O)cc3)cc2)C(=O)C(C)(C)C)cc1.CCC(Oc1ccc(C(C)(C)CC)cc1C(C)(C)CC)C(=O)Nc1ccc(Cl)c(NC(=O)C(C(=O)C(C)(C)C)N2C(=O)C(C)N(Cc3ccccc3)C2=O)c1. The fourth-order valence-corrected chi connectivity index (χ4v) is 14.2. The van der Waals surface area contributed by atoms with Gasteiger partial charge < -0.3 is 40.2 Å². The van der Waals surface area contributed by atoms with Gasteiger partial charge in [0.15, 0.2) is 29.5 Å². The first-order valence-electron chi connectivity index (χ1n) is 36.0. The fourth-order valence-electron chi connectivity index (χ4n) is 12.2. The van der Waals surface area contributed by atoms with Gasteiger partial charge in [0.1, 0.15) is 29.0 Å². The van der Waals surface area contributed by atoms with Crippen LogP contribution in [0.3, 0.4) is 0 Å². The fraction of sp³-hybridized carbons (Fsp3) is 0.417. The number of carbonyl (C=O) groups excluding carboxylic acids is 7. The summed E-state index contributed by atoms with van der Waals surface area (Å²) in [6.45, 7) is 37.3. The second kappa shape index (κ2) is 33.9. The molecule has 0 aromatic heterocycles. The Morgan fingerprint density at radius 3 is 1.63 bits per heavy atom. The number of ketones is 2. The summed E-state index contributed by atoms with van der Waals surface area (Å²) in [5.41, 5.74) is 2.39. The first kappa shape index (κ1) is 85.7. The van der Waals surface area contributed by atoms with Gasteiger partial charge in [0.2, 0.25) is 26.0 Å². The summed E-state index contributed by atoms with van der Waals surface area (Å²) in [5, 5.41) is 17.9. The lowest BCUT2D eigenvalue weighted by atomic mass is 9.72. The van der Waals surface area contributed by atoms with Gasteiger partial charge in [0.05, 0.1) is 38.1 Å². The Bertz CT molecular complexity index is 4680. The highest BCUT2D eigenvalue weighted by molar-refractivity contribution is 7.92. The smallest absolute Gasteiger partial charge is 0.328 e. The number of amides is 6. The second-order valence-corrected chi connectivity index (χ2v) is 36.7. The molecule has 0 radical (unpaired) electrons. The standard InChI is InChI=1S/C44H57ClN4O6.C40H48N2O9S2/c1-12-34(55-35-23-20-29(43(8,9)13-2)24-31(35)44(10,11)14-3)38(51)46-30-21-22-32(45)33(25-30)47-39(52)36(37(50)42(5,6)7)49-40(53)27(4)48(41(49)54)26-28-18-16-15-17-19-28;1-38(2,3)25-40(7,8)26-10-15-29(16-11-26)50-34-23-12-27(42-52(9,46)47)24-33(34)41-37(45)35(36(44)39(4,5)6)51-30-17-21-32(22-18-30)53(48,49)31-19-13-28(43)14-20-31/h15-25,27,34,36H,12-14,26H2,1-11H3,(H,46,51)(H,47,52);10-24,35,42-43H,25H2,1-9H3,(H,41,45). The summed E-state index contributed by atoms with van der Waals surface area (Å²) in [6.07, 6.45) is 1.62. The van der Waals surface area contributed by atoms with Crippen LogP contribution in [0.2, 0.25) is 5.02 Å². The quantitative estimate of drug-likeness (QED) is 0.0225. The third-order valence-corrected chi connectivity index (χ3v) is 21.7. The number of ether oxygens (including phenoxy) is 3. The van der Waals surface area contributed by atoms with Crippen LogP contribution in [0.5, 0.6) is 28.7 Å². The molecule has 7 aromatic rings. The number of anilines is 4. The zero-order chi connectivity index (χ0) is 80.6. The molecule has 24 heteroatoms. The molecule has 5 N–H and O–H groups in total. The van der Waals surface area contributed by atoms with Crippen molar-refractivity contribution >= 4 is 95.4 Å². The molecule has 0 spiro atoms. The molecule has 580 valence electrons. The minimum atomic E-state index is -3.94. The first-order chi connectivity index (χ1) is 50.0. The van der Waals surface area contributed by atoms with Crippen LogP contribution < -0.4 is 34.9 Å². The number of hydrogen-bond donors (Lipinski definition) is 5. The number of urea groups is 1. The molecule has 8 rings (SSSR count). The van der Waals surface area contributed by atoms with Crippen molar-refractivity contribution in [2.75, 3.05) is 26.9 Å². The molecule has 1 fully saturated rings. The molecule has 108 heavy (non-hydrogen) atoms. The number of carbonyl (C=O) groups is 7. The second-order valence-electron chi connectivity index (χ2n) is 32.6. The topological polar surface area (TPSA) is 290 Å². The summed E-state index contributed by atoms with van der Waals surface area (Å²) >= 11 is 6.54. The molecule has 1 aliphatic rings. The van der Waals surface area contributed by atoms with Gasteiger partial charge in [-0.05, 0) is 174 Å². The van der Waals surface area contributed by atoms with Crippen LogP contribution in [-0.4, -0.2) is 104 Å². The van der Waals surface area contributed by atoms with Crippen molar-refractivity contribution in [3.05, 3.63) is 185 Å². The van der Waals surface area contributed by atoms with Crippen LogP contribution in [0.4, 0.5) is 27.5 Å². The summed E-state index contributed by atoms with van der Waals surface area (Å²) in [7, 11) is -7.62. The number of Topliss-reactive ketones (excluding diaryl/α,β-unsaturated/α-hetero) is 2. The van der Waals surface area contributed by atoms with Crippen molar-refractivity contribution in [3.63, 3.8) is 0 Å². The number of phenols is 1. The van der Waals surface area contributed by atoms with E-state index in [4.69, 9.17) is 25.8 Å². The Kier molecular flexibility index (Phi) is 26.9. The minimum absolute atomic E-state index is 0.0267. The van der Waals surface area contributed by atoms with Gasteiger partial charge in [0, 0.05) is 28.6 Å². The van der Waals surface area contributed by atoms with Crippen molar-refractivity contribution in [1.29, 1.82) is 0 Å². The number of sulfone groups is 1. The van der Waals surface area contributed by atoms with Crippen LogP contribution in [0.25, 0.3) is 0 Å². The highest BCUT2D eigenvalue weighted by atomic mass is 35.5. The molecule has 7 aromatic carbocycles. The molecular formula is C84H105ClN6O15S2. The van der Waals surface area contributed by atoms with Gasteiger partial charge in [0.25, 0.3) is 23.6 Å². The van der Waals surface area contributed by atoms with Gasteiger partial charge in [-0.2, -0.15) is 0 Å². The lowest BCUT2D eigenvalue weighted by Gasteiger charge is -2.33. The summed E-state index contributed by atoms with van der Waals surface area (Å²) < 4.78 is 71.3. The van der Waals surface area contributed by atoms with E-state index in [2.05, 4.69) is 109 Å². The summed E-state index contributed by atoms with van der Waals surface area (Å²) in [5.74, 6) is -2.79. The zero-order valence-corrected chi connectivity index (χ0v) is 68.0. The molecule has 0 saturated carbocycles.